The first-order chi connectivity index (χ1) is 17.7. The van der Waals surface area contributed by atoms with Gasteiger partial charge < -0.3 is 15.2 Å². The van der Waals surface area contributed by atoms with Crippen molar-refractivity contribution in [1.82, 2.24) is 5.32 Å². The Labute approximate surface area is 221 Å². The zero-order valence-electron chi connectivity index (χ0n) is 22.6. The smallest absolute Gasteiger partial charge is 0.254 e. The quantitative estimate of drug-likeness (QED) is 0.503. The molecule has 0 saturated heterocycles. The molecule has 37 heavy (non-hydrogen) atoms. The minimum atomic E-state index is -0.645. The third kappa shape index (κ3) is 4.83. The van der Waals surface area contributed by atoms with Crippen molar-refractivity contribution in [3.63, 3.8) is 0 Å². The zero-order chi connectivity index (χ0) is 26.4. The number of carbonyl (C=O) groups is 1. The Hall–Kier alpha value is -1.97. The first-order valence-corrected chi connectivity index (χ1v) is 14.5. The molecule has 2 N–H and O–H groups in total. The molecule has 0 unspecified atom stereocenters. The fourth-order valence-electron chi connectivity index (χ4n) is 9.40. The molecule has 4 saturated carbocycles. The average molecular weight is 511 g/mol. The molecule has 1 aromatic rings. The van der Waals surface area contributed by atoms with Gasteiger partial charge in [0, 0.05) is 12.6 Å². The molecule has 4 aliphatic carbocycles. The van der Waals surface area contributed by atoms with Crippen molar-refractivity contribution in [2.45, 2.75) is 90.2 Å². The predicted molar refractivity (Wildman–Crippen MR) is 140 cm³/mol. The van der Waals surface area contributed by atoms with E-state index in [1.165, 1.54) is 44.2 Å². The average Bonchev–Trinajstić information content (AvgIpc) is 3.24. The molecule has 0 aliphatic heterocycles. The number of rotatable bonds is 6. The summed E-state index contributed by atoms with van der Waals surface area (Å²) < 4.78 is 20.1. The molecule has 5 nitrogen and oxygen atoms in total. The highest BCUT2D eigenvalue weighted by Crippen LogP contribution is 2.65. The van der Waals surface area contributed by atoms with E-state index in [0.29, 0.717) is 31.0 Å². The second-order valence-electron chi connectivity index (χ2n) is 12.8. The number of hydrogen-bond acceptors (Lipinski definition) is 4. The van der Waals surface area contributed by atoms with E-state index >= 15 is 0 Å². The van der Waals surface area contributed by atoms with Gasteiger partial charge in [-0.05, 0) is 131 Å². The number of hydrogen-bond donors (Lipinski definition) is 2. The van der Waals surface area contributed by atoms with Crippen molar-refractivity contribution < 1.29 is 19.0 Å². The van der Waals surface area contributed by atoms with Gasteiger partial charge in [0.15, 0.2) is 0 Å². The first kappa shape index (κ1) is 26.6. The summed E-state index contributed by atoms with van der Waals surface area (Å²) in [6, 6.07) is 5.93. The number of carbonyl (C=O) groups excluding carboxylic acids is 1. The van der Waals surface area contributed by atoms with Gasteiger partial charge in [-0.2, -0.15) is 5.26 Å². The summed E-state index contributed by atoms with van der Waals surface area (Å²) in [4.78, 5) is 12.9. The summed E-state index contributed by atoms with van der Waals surface area (Å²) in [5.74, 6) is 2.85. The van der Waals surface area contributed by atoms with E-state index < -0.39 is 17.3 Å². The van der Waals surface area contributed by atoms with Crippen LogP contribution in [-0.2, 0) is 4.74 Å². The Balaban J connectivity index is 1.25. The lowest BCUT2D eigenvalue weighted by Crippen LogP contribution is -2.53. The molecular formula is C31H43FN2O3. The van der Waals surface area contributed by atoms with Gasteiger partial charge in [-0.3, -0.25) is 4.79 Å². The number of nitrogens with one attached hydrogen (secondary N) is 1. The van der Waals surface area contributed by atoms with E-state index in [9.17, 15) is 14.3 Å². The summed E-state index contributed by atoms with van der Waals surface area (Å²) in [5.41, 5.74) is -0.229. The monoisotopic (exact) mass is 510 g/mol. The maximum atomic E-state index is 14.5. The van der Waals surface area contributed by atoms with Crippen molar-refractivity contribution in [2.75, 3.05) is 13.2 Å². The highest BCUT2D eigenvalue weighted by molar-refractivity contribution is 5.94. The lowest BCUT2D eigenvalue weighted by Gasteiger charge is -2.57. The molecule has 202 valence electrons. The molecule has 0 aromatic heterocycles. The van der Waals surface area contributed by atoms with Crippen LogP contribution in [0.5, 0.6) is 0 Å². The van der Waals surface area contributed by atoms with Gasteiger partial charge in [-0.25, -0.2) is 4.39 Å². The maximum absolute atomic E-state index is 14.5. The molecular weight excluding hydrogens is 467 g/mol. The minimum absolute atomic E-state index is 0.00850. The Morgan fingerprint density at radius 1 is 1.19 bits per heavy atom. The van der Waals surface area contributed by atoms with Gasteiger partial charge in [0.1, 0.15) is 5.82 Å². The van der Waals surface area contributed by atoms with Gasteiger partial charge in [0.05, 0.1) is 29.4 Å². The number of nitriles is 1. The SMILES string of the molecule is CCOC[C@@]1(O)CC[C@H]2[C@H](CC[C@@H]3[C@@H]2CC[C@]2(C)[C@@H]([C@@H](C)NC(=O)c4ccc(C#N)cc4F)CC[C@@H]32)C1. The topological polar surface area (TPSA) is 82.3 Å². The van der Waals surface area contributed by atoms with Crippen LogP contribution in [0.4, 0.5) is 4.39 Å². The third-order valence-electron chi connectivity index (χ3n) is 11.1. The zero-order valence-corrected chi connectivity index (χ0v) is 22.6. The Kier molecular flexibility index (Phi) is 7.41. The van der Waals surface area contributed by atoms with Crippen molar-refractivity contribution >= 4 is 5.91 Å². The minimum Gasteiger partial charge on any atom is -0.387 e. The van der Waals surface area contributed by atoms with Crippen LogP contribution in [0.25, 0.3) is 0 Å². The fourth-order valence-corrected chi connectivity index (χ4v) is 9.40. The van der Waals surface area contributed by atoms with E-state index in [-0.39, 0.29) is 22.6 Å². The molecule has 0 heterocycles. The number of aliphatic hydroxyl groups is 1. The number of fused-ring (bicyclic) bond motifs is 5. The molecule has 9 atom stereocenters. The normalized spacial score (nSPS) is 39.6. The third-order valence-corrected chi connectivity index (χ3v) is 11.1. The molecule has 1 amide bonds. The summed E-state index contributed by atoms with van der Waals surface area (Å²) in [7, 11) is 0. The molecule has 0 spiro atoms. The van der Waals surface area contributed by atoms with E-state index in [1.807, 2.05) is 13.0 Å². The first-order valence-electron chi connectivity index (χ1n) is 14.5. The number of halogens is 1. The molecule has 1 aromatic carbocycles. The van der Waals surface area contributed by atoms with Gasteiger partial charge in [-0.1, -0.05) is 6.92 Å². The van der Waals surface area contributed by atoms with Crippen LogP contribution in [0.1, 0.15) is 94.5 Å². The molecule has 5 rings (SSSR count). The highest BCUT2D eigenvalue weighted by Gasteiger charge is 2.58. The van der Waals surface area contributed by atoms with Crippen molar-refractivity contribution in [2.24, 2.45) is 40.9 Å². The summed E-state index contributed by atoms with van der Waals surface area (Å²) >= 11 is 0. The van der Waals surface area contributed by atoms with Crippen LogP contribution in [0.2, 0.25) is 0 Å². The second kappa shape index (κ2) is 10.3. The Bertz CT molecular complexity index is 1060. The fraction of sp³-hybridized carbons (Fsp3) is 0.742. The summed E-state index contributed by atoms with van der Waals surface area (Å²) in [6.45, 7) is 7.65. The number of benzene rings is 1. The van der Waals surface area contributed by atoms with Gasteiger partial charge >= 0.3 is 0 Å². The van der Waals surface area contributed by atoms with Crippen molar-refractivity contribution in [3.8, 4) is 6.07 Å². The van der Waals surface area contributed by atoms with Crippen LogP contribution >= 0.6 is 0 Å². The van der Waals surface area contributed by atoms with E-state index in [2.05, 4.69) is 19.2 Å². The van der Waals surface area contributed by atoms with Crippen molar-refractivity contribution in [1.29, 1.82) is 5.26 Å². The van der Waals surface area contributed by atoms with Crippen molar-refractivity contribution in [3.05, 3.63) is 35.1 Å². The summed E-state index contributed by atoms with van der Waals surface area (Å²) in [5, 5.41) is 23.2. The lowest BCUT2D eigenvalue weighted by atomic mass is 9.48. The molecule has 4 fully saturated rings. The van der Waals surface area contributed by atoms with Crippen LogP contribution in [-0.4, -0.2) is 35.9 Å². The van der Waals surface area contributed by atoms with Gasteiger partial charge in [-0.15, -0.1) is 0 Å². The molecule has 0 radical (unpaired) electrons. The predicted octanol–water partition coefficient (Wildman–Crippen LogP) is 5.85. The second-order valence-corrected chi connectivity index (χ2v) is 12.8. The largest absolute Gasteiger partial charge is 0.387 e. The van der Waals surface area contributed by atoms with Crippen LogP contribution in [0.15, 0.2) is 18.2 Å². The van der Waals surface area contributed by atoms with Crippen LogP contribution in [0, 0.1) is 58.1 Å². The number of ether oxygens (including phenoxy) is 1. The number of nitrogens with zero attached hydrogens (tertiary/aromatic N) is 1. The van der Waals surface area contributed by atoms with E-state index in [0.717, 1.165) is 49.5 Å². The highest BCUT2D eigenvalue weighted by atomic mass is 19.1. The van der Waals surface area contributed by atoms with E-state index in [1.54, 1.807) is 0 Å². The van der Waals surface area contributed by atoms with E-state index in [4.69, 9.17) is 10.00 Å². The van der Waals surface area contributed by atoms with Crippen LogP contribution < -0.4 is 5.32 Å². The standard InChI is InChI=1S/C31H43FN2O3/c1-4-37-18-31(36)14-12-22-21(16-31)6-8-24-23(22)11-13-30(3)26(9-10-27(24)30)19(2)34-29(35)25-7-5-20(17-33)15-28(25)32/h5,7,15,19,21-24,26-27,36H,4,6,8-14,16,18H2,1-3H3,(H,34,35)/t19-,21-,22+,23-,24-,26-,27+,30-,31-/m1/s1. The van der Waals surface area contributed by atoms with Gasteiger partial charge in [0.25, 0.3) is 5.91 Å². The molecule has 4 aliphatic rings. The number of amides is 1. The maximum Gasteiger partial charge on any atom is 0.254 e. The van der Waals surface area contributed by atoms with Crippen LogP contribution in [0.3, 0.4) is 0 Å². The molecule has 0 bridgehead atoms. The molecule has 6 heteroatoms. The summed E-state index contributed by atoms with van der Waals surface area (Å²) in [6.07, 6.45) is 10.1. The lowest BCUT2D eigenvalue weighted by molar-refractivity contribution is -0.128. The van der Waals surface area contributed by atoms with Gasteiger partial charge in [0.2, 0.25) is 0 Å². The Morgan fingerprint density at radius 3 is 2.70 bits per heavy atom. The Morgan fingerprint density at radius 2 is 1.97 bits per heavy atom.